The summed E-state index contributed by atoms with van der Waals surface area (Å²) in [6, 6.07) is 15.4. The number of aryl methyl sites for hydroxylation is 2. The van der Waals surface area contributed by atoms with Gasteiger partial charge in [0.25, 0.3) is 0 Å². The fourth-order valence-electron chi connectivity index (χ4n) is 3.94. The molecule has 8 rings (SSSR count). The molecular formula is C32H24F6N16O2Pt. The molecule has 0 saturated carbocycles. The van der Waals surface area contributed by atoms with Gasteiger partial charge in [-0.2, -0.15) is 36.5 Å². The summed E-state index contributed by atoms with van der Waals surface area (Å²) in [5, 5.41) is 34.5. The minimum absolute atomic E-state index is 0. The Morgan fingerprint density at radius 3 is 1.61 bits per heavy atom. The molecule has 0 bridgehead atoms. The van der Waals surface area contributed by atoms with Gasteiger partial charge in [0.05, 0.1) is 11.4 Å². The zero-order chi connectivity index (χ0) is 40.3. The number of hydrogen-bond donors (Lipinski definition) is 4. The van der Waals surface area contributed by atoms with Crippen LogP contribution < -0.4 is 15.6 Å². The van der Waals surface area contributed by atoms with Gasteiger partial charge in [0.15, 0.2) is 17.1 Å². The van der Waals surface area contributed by atoms with E-state index in [0.717, 1.165) is 0 Å². The molecule has 18 nitrogen and oxygen atoms in total. The number of pyridine rings is 4. The van der Waals surface area contributed by atoms with Crippen LogP contribution in [-0.4, -0.2) is 75.6 Å². The summed E-state index contributed by atoms with van der Waals surface area (Å²) in [7, 11) is 0. The second-order valence-corrected chi connectivity index (χ2v) is 10.6. The van der Waals surface area contributed by atoms with E-state index >= 15 is 0 Å². The smallest absolute Gasteiger partial charge is 0.508 e. The fraction of sp³-hybridized carbons (Fsp3) is 0.125. The van der Waals surface area contributed by atoms with Gasteiger partial charge in [-0.1, -0.05) is 12.1 Å². The van der Waals surface area contributed by atoms with Crippen molar-refractivity contribution >= 4 is 0 Å². The van der Waals surface area contributed by atoms with E-state index in [4.69, 9.17) is 5.11 Å². The number of rotatable bonds is 4. The van der Waals surface area contributed by atoms with Gasteiger partial charge in [-0.15, -0.1) is 0 Å². The molecule has 0 aliphatic rings. The van der Waals surface area contributed by atoms with E-state index < -0.39 is 24.0 Å². The molecule has 0 unspecified atom stereocenters. The number of alkyl halides is 6. The van der Waals surface area contributed by atoms with Crippen LogP contribution in [0.5, 0.6) is 5.75 Å². The topological polar surface area (TPSA) is 255 Å². The number of hydrogen-bond acceptors (Lipinski definition) is 13. The molecule has 57 heavy (non-hydrogen) atoms. The molecule has 0 radical (unpaired) electrons. The largest absolute Gasteiger partial charge is 2.00 e. The Hall–Kier alpha value is -6.97. The second-order valence-electron chi connectivity index (χ2n) is 10.6. The maximum absolute atomic E-state index is 12.5. The van der Waals surface area contributed by atoms with Crippen LogP contribution >= 0.6 is 0 Å². The monoisotopic (exact) mass is 973 g/mol. The molecule has 0 amide bonds. The summed E-state index contributed by atoms with van der Waals surface area (Å²) >= 11 is 0. The number of aromatic amines is 3. The molecule has 0 aliphatic heterocycles. The van der Waals surface area contributed by atoms with E-state index in [1.165, 1.54) is 48.8 Å². The van der Waals surface area contributed by atoms with Crippen LogP contribution in [0, 0.1) is 13.8 Å². The summed E-state index contributed by atoms with van der Waals surface area (Å²) in [4.78, 5) is 39.8. The maximum Gasteiger partial charge on any atom is 2.00 e. The van der Waals surface area contributed by atoms with E-state index in [0.29, 0.717) is 28.9 Å². The van der Waals surface area contributed by atoms with Crippen LogP contribution in [0.1, 0.15) is 23.3 Å². The van der Waals surface area contributed by atoms with Gasteiger partial charge in [0.1, 0.15) is 28.8 Å². The maximum atomic E-state index is 12.5. The Morgan fingerprint density at radius 2 is 1.18 bits per heavy atom. The quantitative estimate of drug-likeness (QED) is 0.179. The first-order valence-electron chi connectivity index (χ1n) is 15.5. The van der Waals surface area contributed by atoms with Crippen LogP contribution in [0.15, 0.2) is 90.2 Å². The van der Waals surface area contributed by atoms with Crippen LogP contribution in [0.2, 0.25) is 0 Å². The summed E-state index contributed by atoms with van der Waals surface area (Å²) in [6.07, 6.45) is -2.95. The SMILES string of the molecule is Cc1n[n-]c(-c2cccc(-c3nc(C(F)(F)F)n[n-]3)n2)n1.Cc1nc(-c2cccc(-c3n[nH]c(C(F)(F)F)n3)n2)n[nH]1.O=c1cc[nH]cc1.Oc1ccncc1.[Pt+2]. The van der Waals surface area contributed by atoms with Gasteiger partial charge in [0.2, 0.25) is 5.82 Å². The number of H-pyrrole nitrogens is 3. The van der Waals surface area contributed by atoms with Crippen molar-refractivity contribution in [2.75, 3.05) is 0 Å². The number of nitrogens with zero attached hydrogens (tertiary/aromatic N) is 13. The minimum Gasteiger partial charge on any atom is -0.508 e. The molecule has 8 aromatic heterocycles. The van der Waals surface area contributed by atoms with Crippen LogP contribution in [0.25, 0.3) is 46.1 Å². The van der Waals surface area contributed by atoms with E-state index in [-0.39, 0.29) is 61.1 Å². The summed E-state index contributed by atoms with van der Waals surface area (Å²) < 4.78 is 74.8. The molecular weight excluding hydrogens is 950 g/mol. The Morgan fingerprint density at radius 1 is 0.632 bits per heavy atom. The van der Waals surface area contributed by atoms with Crippen molar-refractivity contribution in [1.82, 2.24) is 80.7 Å². The third-order valence-corrected chi connectivity index (χ3v) is 6.38. The molecule has 0 fully saturated rings. The number of halogens is 6. The summed E-state index contributed by atoms with van der Waals surface area (Å²) in [5.41, 5.74) is 1.17. The molecule has 0 aromatic carbocycles. The molecule has 4 N–H and O–H groups in total. The molecule has 8 heterocycles. The standard InChI is InChI=1S/C11H8F3N7.C11H6F3N7.2C5H5NO.Pt/c2*1-5-15-8(19-18-5)6-3-2-4-7(16-6)9-17-10(21-20-9)11(12,13)14;2*7-5-1-3-6-4-2-5;/h2-4H,1H3,(H,15,18,19)(H,17,20,21);2-4H,1H3;2*1-4H,(H,6,7);/q;-2;;;+2. The minimum atomic E-state index is -4.64. The first-order valence-corrected chi connectivity index (χ1v) is 15.5. The van der Waals surface area contributed by atoms with Gasteiger partial charge in [-0.3, -0.25) is 30.2 Å². The van der Waals surface area contributed by atoms with Crippen molar-refractivity contribution in [1.29, 1.82) is 0 Å². The first-order chi connectivity index (χ1) is 26.7. The average molecular weight is 974 g/mol. The molecule has 0 spiro atoms. The fourth-order valence-corrected chi connectivity index (χ4v) is 3.94. The molecule has 296 valence electrons. The van der Waals surface area contributed by atoms with Crippen molar-refractivity contribution in [3.05, 3.63) is 119 Å². The number of nitrogens with one attached hydrogen (secondary N) is 3. The van der Waals surface area contributed by atoms with E-state index in [1.807, 2.05) is 5.10 Å². The zero-order valence-corrected chi connectivity index (χ0v) is 31.1. The molecule has 0 aliphatic carbocycles. The van der Waals surface area contributed by atoms with E-state index in [2.05, 4.69) is 75.6 Å². The molecule has 8 aromatic rings. The van der Waals surface area contributed by atoms with Gasteiger partial charge < -0.3 is 30.3 Å². The van der Waals surface area contributed by atoms with Crippen molar-refractivity contribution in [2.45, 2.75) is 26.2 Å². The van der Waals surface area contributed by atoms with Crippen molar-refractivity contribution < 1.29 is 52.5 Å². The molecule has 0 saturated heterocycles. The third kappa shape index (κ3) is 12.5. The van der Waals surface area contributed by atoms with E-state index in [1.54, 1.807) is 50.5 Å². The molecule has 0 atom stereocenters. The Balaban J connectivity index is 0.000000187. The number of aromatic nitrogens is 16. The first kappa shape index (κ1) is 42.8. The van der Waals surface area contributed by atoms with Gasteiger partial charge in [-0.25, -0.2) is 19.9 Å². The van der Waals surface area contributed by atoms with Crippen LogP contribution in [0.3, 0.4) is 0 Å². The van der Waals surface area contributed by atoms with Crippen LogP contribution in [-0.2, 0) is 33.4 Å². The average Bonchev–Trinajstić information content (AvgIpc) is 4.01. The van der Waals surface area contributed by atoms with Gasteiger partial charge >= 0.3 is 33.4 Å². The van der Waals surface area contributed by atoms with Crippen molar-refractivity contribution in [3.8, 4) is 51.8 Å². The van der Waals surface area contributed by atoms with Crippen molar-refractivity contribution in [2.24, 2.45) is 0 Å². The Bertz CT molecular complexity index is 2360. The summed E-state index contributed by atoms with van der Waals surface area (Å²) in [6.45, 7) is 3.39. The van der Waals surface area contributed by atoms with Crippen molar-refractivity contribution in [3.63, 3.8) is 0 Å². The third-order valence-electron chi connectivity index (χ3n) is 6.38. The Labute approximate surface area is 329 Å². The number of aromatic hydroxyl groups is 1. The second kappa shape index (κ2) is 19.1. The van der Waals surface area contributed by atoms with E-state index in [9.17, 15) is 31.1 Å². The summed E-state index contributed by atoms with van der Waals surface area (Å²) in [5.74, 6) is -0.847. The van der Waals surface area contributed by atoms with Crippen LogP contribution in [0.4, 0.5) is 26.3 Å². The van der Waals surface area contributed by atoms with Gasteiger partial charge in [0, 0.05) is 42.7 Å². The predicted molar refractivity (Wildman–Crippen MR) is 180 cm³/mol. The normalized spacial score (nSPS) is 10.8. The van der Waals surface area contributed by atoms with Gasteiger partial charge in [-0.05, 0) is 61.9 Å². The molecule has 25 heteroatoms. The Kier molecular flexibility index (Phi) is 14.3. The predicted octanol–water partition coefficient (Wildman–Crippen LogP) is 4.38. The zero-order valence-electron chi connectivity index (χ0n) is 28.8.